The van der Waals surface area contributed by atoms with Crippen molar-refractivity contribution in [1.29, 1.82) is 0 Å². The molecule has 1 unspecified atom stereocenters. The smallest absolute Gasteiger partial charge is 0.146 e. The molecule has 72 valence electrons. The van der Waals surface area contributed by atoms with Gasteiger partial charge in [-0.1, -0.05) is 0 Å². The van der Waals surface area contributed by atoms with Crippen LogP contribution >= 0.6 is 11.6 Å². The van der Waals surface area contributed by atoms with Crippen molar-refractivity contribution in [3.05, 3.63) is 11.6 Å². The summed E-state index contributed by atoms with van der Waals surface area (Å²) in [5.74, 6) is 2.04. The van der Waals surface area contributed by atoms with Crippen LogP contribution in [0, 0.1) is 0 Å². The van der Waals surface area contributed by atoms with E-state index in [1.54, 1.807) is 0 Å². The summed E-state index contributed by atoms with van der Waals surface area (Å²) in [6.07, 6.45) is 1.86. The van der Waals surface area contributed by atoms with E-state index < -0.39 is 0 Å². The lowest BCUT2D eigenvalue weighted by Crippen LogP contribution is -2.22. The molecule has 1 aromatic rings. The van der Waals surface area contributed by atoms with Gasteiger partial charge in [0.05, 0.1) is 6.54 Å². The molecule has 0 amide bonds. The Kier molecular flexibility index (Phi) is 2.51. The Morgan fingerprint density at radius 3 is 3.23 bits per heavy atom. The molecule has 0 aliphatic carbocycles. The van der Waals surface area contributed by atoms with Crippen molar-refractivity contribution < 1.29 is 0 Å². The molecule has 1 aromatic heterocycles. The summed E-state index contributed by atoms with van der Waals surface area (Å²) in [6.45, 7) is 1.73. The van der Waals surface area contributed by atoms with E-state index in [2.05, 4.69) is 20.1 Å². The number of nitrogens with zero attached hydrogens (tertiary/aromatic N) is 3. The molecule has 1 atom stereocenters. The van der Waals surface area contributed by atoms with Crippen LogP contribution in [-0.2, 0) is 19.5 Å². The van der Waals surface area contributed by atoms with Crippen molar-refractivity contribution in [3.8, 4) is 0 Å². The van der Waals surface area contributed by atoms with Gasteiger partial charge < -0.3 is 9.88 Å². The lowest BCUT2D eigenvalue weighted by Gasteiger charge is -2.18. The Labute approximate surface area is 82.3 Å². The highest BCUT2D eigenvalue weighted by atomic mass is 35.5. The van der Waals surface area contributed by atoms with Gasteiger partial charge in [-0.05, 0) is 13.5 Å². The maximum Gasteiger partial charge on any atom is 0.146 e. The van der Waals surface area contributed by atoms with E-state index in [-0.39, 0.29) is 5.38 Å². The van der Waals surface area contributed by atoms with E-state index >= 15 is 0 Å². The molecule has 2 heterocycles. The van der Waals surface area contributed by atoms with Crippen LogP contribution in [0.5, 0.6) is 0 Å². The molecule has 2 rings (SSSR count). The maximum atomic E-state index is 6.03. The summed E-state index contributed by atoms with van der Waals surface area (Å²) < 4.78 is 2.16. The molecular formula is C8H13ClN4. The van der Waals surface area contributed by atoms with E-state index in [9.17, 15) is 0 Å². The minimum Gasteiger partial charge on any atom is -0.314 e. The third kappa shape index (κ3) is 1.69. The third-order valence-corrected chi connectivity index (χ3v) is 2.68. The Bertz CT molecular complexity index is 283. The van der Waals surface area contributed by atoms with E-state index in [0.717, 1.165) is 37.6 Å². The lowest BCUT2D eigenvalue weighted by molar-refractivity contribution is 0.507. The molecule has 0 bridgehead atoms. The first-order valence-corrected chi connectivity index (χ1v) is 4.94. The van der Waals surface area contributed by atoms with Crippen molar-refractivity contribution >= 4 is 11.6 Å². The fourth-order valence-corrected chi connectivity index (χ4v) is 1.88. The zero-order valence-electron chi connectivity index (χ0n) is 7.63. The Morgan fingerprint density at radius 1 is 1.62 bits per heavy atom. The SMILES string of the molecule is CNCc1nnc2n1CCC(Cl)C2. The minimum absolute atomic E-state index is 0.235. The molecule has 13 heavy (non-hydrogen) atoms. The Hall–Kier alpha value is -0.610. The molecule has 0 aromatic carbocycles. The lowest BCUT2D eigenvalue weighted by atomic mass is 10.1. The van der Waals surface area contributed by atoms with Gasteiger partial charge in [0.1, 0.15) is 11.6 Å². The van der Waals surface area contributed by atoms with E-state index in [1.807, 2.05) is 7.05 Å². The van der Waals surface area contributed by atoms with Crippen LogP contribution in [0.25, 0.3) is 0 Å². The van der Waals surface area contributed by atoms with Crippen LogP contribution in [0.2, 0.25) is 0 Å². The average Bonchev–Trinajstić information content (AvgIpc) is 2.49. The van der Waals surface area contributed by atoms with Gasteiger partial charge in [0, 0.05) is 18.3 Å². The van der Waals surface area contributed by atoms with Crippen LogP contribution in [0.4, 0.5) is 0 Å². The maximum absolute atomic E-state index is 6.03. The quantitative estimate of drug-likeness (QED) is 0.710. The average molecular weight is 201 g/mol. The fraction of sp³-hybridized carbons (Fsp3) is 0.750. The summed E-state index contributed by atoms with van der Waals surface area (Å²) in [5.41, 5.74) is 0. The van der Waals surface area contributed by atoms with Gasteiger partial charge in [0.15, 0.2) is 0 Å². The van der Waals surface area contributed by atoms with Gasteiger partial charge in [-0.2, -0.15) is 0 Å². The Balaban J connectivity index is 2.23. The van der Waals surface area contributed by atoms with Crippen LogP contribution in [-0.4, -0.2) is 27.2 Å². The minimum atomic E-state index is 0.235. The normalized spacial score (nSPS) is 21.5. The molecule has 5 heteroatoms. The zero-order valence-corrected chi connectivity index (χ0v) is 8.38. The molecule has 0 fully saturated rings. The predicted molar refractivity (Wildman–Crippen MR) is 50.7 cm³/mol. The van der Waals surface area contributed by atoms with Crippen molar-refractivity contribution in [2.24, 2.45) is 0 Å². The van der Waals surface area contributed by atoms with E-state index in [0.29, 0.717) is 0 Å². The topological polar surface area (TPSA) is 42.7 Å². The second-order valence-corrected chi connectivity index (χ2v) is 3.92. The molecule has 0 saturated heterocycles. The van der Waals surface area contributed by atoms with Crippen molar-refractivity contribution in [2.75, 3.05) is 7.05 Å². The van der Waals surface area contributed by atoms with Gasteiger partial charge in [-0.15, -0.1) is 21.8 Å². The molecule has 0 radical (unpaired) electrons. The number of aromatic nitrogens is 3. The van der Waals surface area contributed by atoms with Gasteiger partial charge >= 0.3 is 0 Å². The summed E-state index contributed by atoms with van der Waals surface area (Å²) in [7, 11) is 1.91. The Morgan fingerprint density at radius 2 is 2.46 bits per heavy atom. The number of hydrogen-bond acceptors (Lipinski definition) is 3. The number of fused-ring (bicyclic) bond motifs is 1. The fourth-order valence-electron chi connectivity index (χ4n) is 1.64. The van der Waals surface area contributed by atoms with Crippen molar-refractivity contribution in [1.82, 2.24) is 20.1 Å². The highest BCUT2D eigenvalue weighted by molar-refractivity contribution is 6.20. The molecule has 0 saturated carbocycles. The first-order chi connectivity index (χ1) is 6.31. The van der Waals surface area contributed by atoms with Crippen LogP contribution in [0.1, 0.15) is 18.1 Å². The first kappa shape index (κ1) is 8.97. The number of halogens is 1. The monoisotopic (exact) mass is 200 g/mol. The third-order valence-electron chi connectivity index (χ3n) is 2.31. The van der Waals surface area contributed by atoms with Crippen LogP contribution in [0.3, 0.4) is 0 Å². The molecule has 0 spiro atoms. The molecule has 1 aliphatic heterocycles. The van der Waals surface area contributed by atoms with Gasteiger partial charge in [0.25, 0.3) is 0 Å². The van der Waals surface area contributed by atoms with Gasteiger partial charge in [0.2, 0.25) is 0 Å². The summed E-state index contributed by atoms with van der Waals surface area (Å²) >= 11 is 6.03. The van der Waals surface area contributed by atoms with E-state index in [4.69, 9.17) is 11.6 Å². The van der Waals surface area contributed by atoms with Crippen molar-refractivity contribution in [2.45, 2.75) is 31.3 Å². The standard InChI is InChI=1S/C8H13ClN4/c1-10-5-8-12-11-7-4-6(9)2-3-13(7)8/h6,10H,2-5H2,1H3. The van der Waals surface area contributed by atoms with Crippen LogP contribution in [0.15, 0.2) is 0 Å². The summed E-state index contributed by atoms with van der Waals surface area (Å²) in [6, 6.07) is 0. The zero-order chi connectivity index (χ0) is 9.26. The highest BCUT2D eigenvalue weighted by Gasteiger charge is 2.20. The largest absolute Gasteiger partial charge is 0.314 e. The first-order valence-electron chi connectivity index (χ1n) is 4.51. The second kappa shape index (κ2) is 3.64. The molecule has 4 nitrogen and oxygen atoms in total. The number of alkyl halides is 1. The van der Waals surface area contributed by atoms with Crippen LogP contribution < -0.4 is 5.32 Å². The van der Waals surface area contributed by atoms with Crippen molar-refractivity contribution in [3.63, 3.8) is 0 Å². The van der Waals surface area contributed by atoms with E-state index in [1.165, 1.54) is 0 Å². The summed E-state index contributed by atoms with van der Waals surface area (Å²) in [4.78, 5) is 0. The number of hydrogen-bond donors (Lipinski definition) is 1. The predicted octanol–water partition coefficient (Wildman–Crippen LogP) is 0.551. The second-order valence-electron chi connectivity index (χ2n) is 3.30. The number of nitrogens with one attached hydrogen (secondary N) is 1. The summed E-state index contributed by atoms with van der Waals surface area (Å²) in [5, 5.41) is 11.5. The molecular weight excluding hydrogens is 188 g/mol. The van der Waals surface area contributed by atoms with Gasteiger partial charge in [-0.3, -0.25) is 0 Å². The highest BCUT2D eigenvalue weighted by Crippen LogP contribution is 2.18. The number of rotatable bonds is 2. The molecule has 1 aliphatic rings. The molecule has 1 N–H and O–H groups in total. The van der Waals surface area contributed by atoms with Gasteiger partial charge in [-0.25, -0.2) is 0 Å².